The highest BCUT2D eigenvalue weighted by Gasteiger charge is 2.23. The molecule has 0 aromatic rings. The minimum Gasteiger partial charge on any atom is -0.346 e. The van der Waals surface area contributed by atoms with E-state index in [2.05, 4.69) is 38.0 Å². The van der Waals surface area contributed by atoms with E-state index in [1.165, 1.54) is 0 Å². The summed E-state index contributed by atoms with van der Waals surface area (Å²) >= 11 is 0. The topological polar surface area (TPSA) is 35.6 Å². The van der Waals surface area contributed by atoms with Crippen molar-refractivity contribution in [2.24, 2.45) is 0 Å². The lowest BCUT2D eigenvalue weighted by atomic mass is 9.98. The third-order valence-corrected chi connectivity index (χ3v) is 3.58. The van der Waals surface area contributed by atoms with Crippen molar-refractivity contribution in [1.82, 2.24) is 15.1 Å². The second-order valence-electron chi connectivity index (χ2n) is 5.25. The van der Waals surface area contributed by atoms with Crippen LogP contribution >= 0.6 is 0 Å². The highest BCUT2D eigenvalue weighted by Crippen LogP contribution is 2.16. The Balaban J connectivity index is -0.000000739. The molecule has 0 aliphatic carbocycles. The molecular formula is C17H41N3O. The van der Waals surface area contributed by atoms with Crippen LogP contribution in [0.3, 0.4) is 0 Å². The Labute approximate surface area is 134 Å². The van der Waals surface area contributed by atoms with Gasteiger partial charge in [0.1, 0.15) is 0 Å². The monoisotopic (exact) mass is 303 g/mol. The van der Waals surface area contributed by atoms with Crippen LogP contribution in [0.2, 0.25) is 0 Å². The molecule has 1 amide bonds. The highest BCUT2D eigenvalue weighted by molar-refractivity contribution is 5.76. The van der Waals surface area contributed by atoms with Crippen LogP contribution in [0.1, 0.15) is 61.3 Å². The standard InChI is InChI=1S/C13H29N3O.2C2H6/c1-7-16(6)13(2,3)9-11-15(5)12(17)8-10-14-4;2*1-2/h14H,7-11H2,1-6H3;2*1-2H3. The summed E-state index contributed by atoms with van der Waals surface area (Å²) in [5, 5.41) is 3.00. The SMILES string of the molecule is CC.CC.CCN(C)C(C)(C)CCN(C)C(=O)CCNC. The number of carbonyl (C=O) groups is 1. The van der Waals surface area contributed by atoms with Crippen molar-refractivity contribution in [1.29, 1.82) is 0 Å². The van der Waals surface area contributed by atoms with E-state index >= 15 is 0 Å². The molecule has 4 heteroatoms. The first kappa shape index (κ1) is 25.3. The first-order valence-corrected chi connectivity index (χ1v) is 8.45. The summed E-state index contributed by atoms with van der Waals surface area (Å²) in [4.78, 5) is 15.9. The van der Waals surface area contributed by atoms with Gasteiger partial charge in [0.25, 0.3) is 0 Å². The van der Waals surface area contributed by atoms with Gasteiger partial charge in [0.2, 0.25) is 5.91 Å². The fraction of sp³-hybridized carbons (Fsp3) is 0.941. The third-order valence-electron chi connectivity index (χ3n) is 3.58. The molecule has 0 bridgehead atoms. The van der Waals surface area contributed by atoms with Crippen molar-refractivity contribution in [3.8, 4) is 0 Å². The second-order valence-corrected chi connectivity index (χ2v) is 5.25. The maximum atomic E-state index is 11.7. The molecule has 0 spiro atoms. The predicted octanol–water partition coefficient (Wildman–Crippen LogP) is 3.23. The molecule has 130 valence electrons. The largest absolute Gasteiger partial charge is 0.346 e. The van der Waals surface area contributed by atoms with Gasteiger partial charge in [-0.05, 0) is 40.9 Å². The molecule has 0 aromatic carbocycles. The van der Waals surface area contributed by atoms with Gasteiger partial charge in [-0.1, -0.05) is 34.6 Å². The van der Waals surface area contributed by atoms with E-state index < -0.39 is 0 Å². The molecular weight excluding hydrogens is 262 g/mol. The van der Waals surface area contributed by atoms with Crippen molar-refractivity contribution in [2.45, 2.75) is 66.8 Å². The molecule has 0 aliphatic rings. The summed E-state index contributed by atoms with van der Waals surface area (Å²) in [6, 6.07) is 0. The zero-order chi connectivity index (χ0) is 17.5. The van der Waals surface area contributed by atoms with Crippen LogP contribution in [0.5, 0.6) is 0 Å². The van der Waals surface area contributed by atoms with Crippen LogP contribution < -0.4 is 5.32 Å². The van der Waals surface area contributed by atoms with Gasteiger partial charge < -0.3 is 15.1 Å². The summed E-state index contributed by atoms with van der Waals surface area (Å²) in [5.41, 5.74) is 0.145. The fourth-order valence-electron chi connectivity index (χ4n) is 1.61. The van der Waals surface area contributed by atoms with E-state index in [1.807, 2.05) is 46.7 Å². The molecule has 0 atom stereocenters. The molecule has 0 saturated carbocycles. The van der Waals surface area contributed by atoms with Gasteiger partial charge in [-0.3, -0.25) is 4.79 Å². The van der Waals surface area contributed by atoms with Crippen LogP contribution in [-0.4, -0.2) is 62.0 Å². The van der Waals surface area contributed by atoms with Gasteiger partial charge in [-0.2, -0.15) is 0 Å². The van der Waals surface area contributed by atoms with E-state index in [4.69, 9.17) is 0 Å². The Morgan fingerprint density at radius 2 is 1.57 bits per heavy atom. The number of nitrogens with zero attached hydrogens (tertiary/aromatic N) is 2. The maximum absolute atomic E-state index is 11.7. The van der Waals surface area contributed by atoms with Crippen LogP contribution in [-0.2, 0) is 4.79 Å². The van der Waals surface area contributed by atoms with Crippen molar-refractivity contribution in [3.05, 3.63) is 0 Å². The molecule has 0 aliphatic heterocycles. The summed E-state index contributed by atoms with van der Waals surface area (Å²) in [6.07, 6.45) is 1.58. The number of hydrogen-bond donors (Lipinski definition) is 1. The van der Waals surface area contributed by atoms with E-state index in [0.29, 0.717) is 6.42 Å². The Bertz CT molecular complexity index is 230. The van der Waals surface area contributed by atoms with Crippen molar-refractivity contribution < 1.29 is 4.79 Å². The Kier molecular flexibility index (Phi) is 19.0. The molecule has 0 heterocycles. The van der Waals surface area contributed by atoms with Gasteiger partial charge >= 0.3 is 0 Å². The van der Waals surface area contributed by atoms with Crippen molar-refractivity contribution in [3.63, 3.8) is 0 Å². The number of amides is 1. The lowest BCUT2D eigenvalue weighted by Crippen LogP contribution is -2.44. The first-order valence-electron chi connectivity index (χ1n) is 8.45. The van der Waals surface area contributed by atoms with Gasteiger partial charge in [0.15, 0.2) is 0 Å². The van der Waals surface area contributed by atoms with Crippen molar-refractivity contribution in [2.75, 3.05) is 40.8 Å². The Morgan fingerprint density at radius 3 is 1.95 bits per heavy atom. The third kappa shape index (κ3) is 12.8. The normalized spacial score (nSPS) is 10.2. The smallest absolute Gasteiger partial charge is 0.223 e. The summed E-state index contributed by atoms with van der Waals surface area (Å²) in [5.74, 6) is 0.217. The lowest BCUT2D eigenvalue weighted by molar-refractivity contribution is -0.130. The van der Waals surface area contributed by atoms with E-state index in [-0.39, 0.29) is 11.4 Å². The van der Waals surface area contributed by atoms with E-state index in [9.17, 15) is 4.79 Å². The average Bonchev–Trinajstić information content (AvgIpc) is 2.53. The first-order chi connectivity index (χ1) is 9.85. The maximum Gasteiger partial charge on any atom is 0.223 e. The predicted molar refractivity (Wildman–Crippen MR) is 95.9 cm³/mol. The molecule has 1 N–H and O–H groups in total. The molecule has 0 unspecified atom stereocenters. The van der Waals surface area contributed by atoms with Crippen LogP contribution in [0.15, 0.2) is 0 Å². The van der Waals surface area contributed by atoms with Gasteiger partial charge in [-0.15, -0.1) is 0 Å². The second kappa shape index (κ2) is 15.8. The fourth-order valence-corrected chi connectivity index (χ4v) is 1.61. The highest BCUT2D eigenvalue weighted by atomic mass is 16.2. The zero-order valence-corrected chi connectivity index (χ0v) is 16.3. The van der Waals surface area contributed by atoms with Crippen LogP contribution in [0.25, 0.3) is 0 Å². The quantitative estimate of drug-likeness (QED) is 0.748. The van der Waals surface area contributed by atoms with Crippen LogP contribution in [0.4, 0.5) is 0 Å². The van der Waals surface area contributed by atoms with E-state index in [1.54, 1.807) is 0 Å². The number of hydrogen-bond acceptors (Lipinski definition) is 3. The number of rotatable bonds is 8. The van der Waals surface area contributed by atoms with Gasteiger partial charge in [-0.25, -0.2) is 0 Å². The number of carbonyl (C=O) groups excluding carboxylic acids is 1. The summed E-state index contributed by atoms with van der Waals surface area (Å²) in [6.45, 7) is 17.2. The molecule has 4 nitrogen and oxygen atoms in total. The minimum absolute atomic E-state index is 0.145. The van der Waals surface area contributed by atoms with Gasteiger partial charge in [0.05, 0.1) is 0 Å². The Morgan fingerprint density at radius 1 is 1.10 bits per heavy atom. The molecule has 0 aromatic heterocycles. The summed E-state index contributed by atoms with van der Waals surface area (Å²) in [7, 11) is 5.88. The molecule has 0 radical (unpaired) electrons. The molecule has 0 rings (SSSR count). The lowest BCUT2D eigenvalue weighted by Gasteiger charge is -2.36. The van der Waals surface area contributed by atoms with Crippen molar-refractivity contribution >= 4 is 5.91 Å². The molecule has 21 heavy (non-hydrogen) atoms. The number of nitrogens with one attached hydrogen (secondary N) is 1. The summed E-state index contributed by atoms with van der Waals surface area (Å²) < 4.78 is 0. The van der Waals surface area contributed by atoms with Gasteiger partial charge in [0, 0.05) is 32.1 Å². The van der Waals surface area contributed by atoms with E-state index in [0.717, 1.165) is 26.1 Å². The zero-order valence-electron chi connectivity index (χ0n) is 16.3. The Hall–Kier alpha value is -0.610. The minimum atomic E-state index is 0.145. The average molecular weight is 304 g/mol. The molecule has 0 fully saturated rings. The van der Waals surface area contributed by atoms with Crippen LogP contribution in [0, 0.1) is 0 Å². The molecule has 0 saturated heterocycles.